The molecule has 0 aliphatic carbocycles. The lowest BCUT2D eigenvalue weighted by atomic mass is 10.1. The van der Waals surface area contributed by atoms with Crippen LogP contribution in [0.2, 0.25) is 0 Å². The van der Waals surface area contributed by atoms with Crippen molar-refractivity contribution in [3.8, 4) is 5.75 Å². The van der Waals surface area contributed by atoms with E-state index in [2.05, 4.69) is 19.2 Å². The lowest BCUT2D eigenvalue weighted by Gasteiger charge is -2.26. The van der Waals surface area contributed by atoms with Crippen molar-refractivity contribution < 1.29 is 22.7 Å². The van der Waals surface area contributed by atoms with E-state index in [0.717, 1.165) is 6.42 Å². The average molecular weight is 433 g/mol. The zero-order valence-corrected chi connectivity index (χ0v) is 18.2. The summed E-state index contributed by atoms with van der Waals surface area (Å²) < 4.78 is 37.8. The number of hydrogen-bond acceptors (Lipinski definition) is 5. The Labute approximate surface area is 178 Å². The van der Waals surface area contributed by atoms with Gasteiger partial charge >= 0.3 is 0 Å². The monoisotopic (exact) mass is 432 g/mol. The number of amides is 1. The fraction of sp³-hybridized carbons (Fsp3) is 0.409. The van der Waals surface area contributed by atoms with Gasteiger partial charge in [-0.05, 0) is 48.7 Å². The van der Waals surface area contributed by atoms with Crippen molar-refractivity contribution in [3.63, 3.8) is 0 Å². The van der Waals surface area contributed by atoms with Gasteiger partial charge in [-0.25, -0.2) is 8.42 Å². The lowest BCUT2D eigenvalue weighted by Crippen LogP contribution is -2.40. The van der Waals surface area contributed by atoms with E-state index in [-0.39, 0.29) is 10.8 Å². The fourth-order valence-electron chi connectivity index (χ4n) is 3.03. The number of rotatable bonds is 8. The summed E-state index contributed by atoms with van der Waals surface area (Å²) in [5.41, 5.74) is 0.948. The Morgan fingerprint density at radius 1 is 1.10 bits per heavy atom. The van der Waals surface area contributed by atoms with Crippen LogP contribution in [0.5, 0.6) is 5.75 Å². The van der Waals surface area contributed by atoms with E-state index in [4.69, 9.17) is 9.47 Å². The standard InChI is InChI=1S/C22H28N2O5S/c1-17(2)11-14-29-21-6-4-3-5-20(21)22(25)23-18-7-9-19(10-8-18)30(26,27)24-12-15-28-16-13-24/h3-10,17H,11-16H2,1-2H3,(H,23,25). The van der Waals surface area contributed by atoms with Crippen molar-refractivity contribution >= 4 is 21.6 Å². The maximum atomic E-state index is 12.7. The number of nitrogens with one attached hydrogen (secondary N) is 1. The summed E-state index contributed by atoms with van der Waals surface area (Å²) in [7, 11) is -3.56. The summed E-state index contributed by atoms with van der Waals surface area (Å²) in [4.78, 5) is 12.9. The summed E-state index contributed by atoms with van der Waals surface area (Å²) in [6.45, 7) is 6.24. The molecule has 1 aliphatic heterocycles. The molecule has 0 atom stereocenters. The predicted octanol–water partition coefficient (Wildman–Crippen LogP) is 3.38. The molecule has 30 heavy (non-hydrogen) atoms. The number of anilines is 1. The van der Waals surface area contributed by atoms with Crippen molar-refractivity contribution in [3.05, 3.63) is 54.1 Å². The zero-order valence-electron chi connectivity index (χ0n) is 17.3. The summed E-state index contributed by atoms with van der Waals surface area (Å²) in [5, 5.41) is 2.81. The fourth-order valence-corrected chi connectivity index (χ4v) is 4.44. The molecule has 8 heteroatoms. The van der Waals surface area contributed by atoms with E-state index in [1.165, 1.54) is 16.4 Å². The van der Waals surface area contributed by atoms with Crippen molar-refractivity contribution in [2.45, 2.75) is 25.2 Å². The Hall–Kier alpha value is -2.42. The molecule has 1 N–H and O–H groups in total. The largest absolute Gasteiger partial charge is 0.493 e. The first-order valence-corrected chi connectivity index (χ1v) is 11.5. The van der Waals surface area contributed by atoms with Gasteiger partial charge in [0.25, 0.3) is 5.91 Å². The van der Waals surface area contributed by atoms with Crippen molar-refractivity contribution in [1.82, 2.24) is 4.31 Å². The van der Waals surface area contributed by atoms with Crippen LogP contribution in [0.15, 0.2) is 53.4 Å². The first kappa shape index (κ1) is 22.3. The molecule has 1 fully saturated rings. The van der Waals surface area contributed by atoms with Gasteiger partial charge in [0, 0.05) is 18.8 Å². The van der Waals surface area contributed by atoms with Crippen molar-refractivity contribution in [2.24, 2.45) is 5.92 Å². The van der Waals surface area contributed by atoms with Crippen LogP contribution in [0, 0.1) is 5.92 Å². The number of hydrogen-bond donors (Lipinski definition) is 1. The lowest BCUT2D eigenvalue weighted by molar-refractivity contribution is 0.0730. The highest BCUT2D eigenvalue weighted by molar-refractivity contribution is 7.89. The van der Waals surface area contributed by atoms with Crippen LogP contribution in [0.25, 0.3) is 0 Å². The number of sulfonamides is 1. The maximum Gasteiger partial charge on any atom is 0.259 e. The number of carbonyl (C=O) groups is 1. The number of ether oxygens (including phenoxy) is 2. The highest BCUT2D eigenvalue weighted by atomic mass is 32.2. The van der Waals surface area contributed by atoms with E-state index in [1.807, 2.05) is 6.07 Å². The Morgan fingerprint density at radius 3 is 2.43 bits per heavy atom. The number of nitrogens with zero attached hydrogens (tertiary/aromatic N) is 1. The molecule has 2 aromatic carbocycles. The third-order valence-electron chi connectivity index (χ3n) is 4.80. The van der Waals surface area contributed by atoms with E-state index < -0.39 is 10.0 Å². The van der Waals surface area contributed by atoms with E-state index in [0.29, 0.717) is 55.8 Å². The average Bonchev–Trinajstić information content (AvgIpc) is 2.75. The molecule has 0 radical (unpaired) electrons. The van der Waals surface area contributed by atoms with Crippen LogP contribution >= 0.6 is 0 Å². The van der Waals surface area contributed by atoms with Crippen molar-refractivity contribution in [1.29, 1.82) is 0 Å². The predicted molar refractivity (Wildman–Crippen MR) is 115 cm³/mol. The topological polar surface area (TPSA) is 84.9 Å². The quantitative estimate of drug-likeness (QED) is 0.691. The highest BCUT2D eigenvalue weighted by Gasteiger charge is 2.26. The van der Waals surface area contributed by atoms with E-state index in [9.17, 15) is 13.2 Å². The minimum Gasteiger partial charge on any atom is -0.493 e. The number of carbonyl (C=O) groups excluding carboxylic acids is 1. The molecule has 0 saturated carbocycles. The highest BCUT2D eigenvalue weighted by Crippen LogP contribution is 2.22. The van der Waals surface area contributed by atoms with Crippen LogP contribution in [-0.4, -0.2) is 51.5 Å². The van der Waals surface area contributed by atoms with Gasteiger partial charge in [0.2, 0.25) is 10.0 Å². The molecule has 0 spiro atoms. The Balaban J connectivity index is 1.68. The smallest absolute Gasteiger partial charge is 0.259 e. The second kappa shape index (κ2) is 10.1. The van der Waals surface area contributed by atoms with Crippen LogP contribution in [0.3, 0.4) is 0 Å². The molecule has 162 valence electrons. The van der Waals surface area contributed by atoms with Gasteiger partial charge in [0.15, 0.2) is 0 Å². The second-order valence-electron chi connectivity index (χ2n) is 7.52. The van der Waals surface area contributed by atoms with Gasteiger partial charge in [-0.2, -0.15) is 4.31 Å². The van der Waals surface area contributed by atoms with Gasteiger partial charge in [-0.15, -0.1) is 0 Å². The van der Waals surface area contributed by atoms with Gasteiger partial charge in [-0.1, -0.05) is 26.0 Å². The van der Waals surface area contributed by atoms with Crippen LogP contribution in [0.4, 0.5) is 5.69 Å². The molecule has 1 saturated heterocycles. The van der Waals surface area contributed by atoms with Crippen LogP contribution in [0.1, 0.15) is 30.6 Å². The number of morpholine rings is 1. The van der Waals surface area contributed by atoms with Gasteiger partial charge in [-0.3, -0.25) is 4.79 Å². The Bertz CT molecular complexity index is 952. The first-order chi connectivity index (χ1) is 14.4. The molecule has 2 aromatic rings. The van der Waals surface area contributed by atoms with Gasteiger partial charge in [0.05, 0.1) is 30.3 Å². The van der Waals surface area contributed by atoms with Crippen LogP contribution in [-0.2, 0) is 14.8 Å². The minimum absolute atomic E-state index is 0.194. The first-order valence-electron chi connectivity index (χ1n) is 10.1. The third-order valence-corrected chi connectivity index (χ3v) is 6.72. The molecule has 1 amide bonds. The Kier molecular flexibility index (Phi) is 7.47. The molecule has 0 aromatic heterocycles. The molecular weight excluding hydrogens is 404 g/mol. The van der Waals surface area contributed by atoms with Gasteiger partial charge < -0.3 is 14.8 Å². The normalized spacial score (nSPS) is 15.2. The maximum absolute atomic E-state index is 12.7. The van der Waals surface area contributed by atoms with E-state index in [1.54, 1.807) is 30.3 Å². The molecule has 7 nitrogen and oxygen atoms in total. The zero-order chi connectivity index (χ0) is 21.6. The molecule has 1 aliphatic rings. The molecule has 0 unspecified atom stereocenters. The van der Waals surface area contributed by atoms with Crippen LogP contribution < -0.4 is 10.1 Å². The minimum atomic E-state index is -3.56. The second-order valence-corrected chi connectivity index (χ2v) is 9.46. The molecule has 3 rings (SSSR count). The summed E-state index contributed by atoms with van der Waals surface area (Å²) in [6, 6.07) is 13.3. The summed E-state index contributed by atoms with van der Waals surface area (Å²) in [6.07, 6.45) is 0.898. The molecular formula is C22H28N2O5S. The van der Waals surface area contributed by atoms with E-state index >= 15 is 0 Å². The SMILES string of the molecule is CC(C)CCOc1ccccc1C(=O)Nc1ccc(S(=O)(=O)N2CCOCC2)cc1. The summed E-state index contributed by atoms with van der Waals surface area (Å²) >= 11 is 0. The molecule has 0 bridgehead atoms. The van der Waals surface area contributed by atoms with Gasteiger partial charge in [0.1, 0.15) is 5.75 Å². The van der Waals surface area contributed by atoms with Crippen molar-refractivity contribution in [2.75, 3.05) is 38.2 Å². The Morgan fingerprint density at radius 2 is 1.77 bits per heavy atom. The number of benzene rings is 2. The third kappa shape index (κ3) is 5.59. The number of para-hydroxylation sites is 1. The molecule has 1 heterocycles. The summed E-state index contributed by atoms with van der Waals surface area (Å²) in [5.74, 6) is 0.736.